The van der Waals surface area contributed by atoms with Crippen molar-refractivity contribution in [2.45, 2.75) is 56.4 Å². The summed E-state index contributed by atoms with van der Waals surface area (Å²) in [5, 5.41) is 6.87. The third kappa shape index (κ3) is 4.29. The van der Waals surface area contributed by atoms with Crippen molar-refractivity contribution in [3.05, 3.63) is 28.8 Å². The molecule has 4 N–H and O–H groups in total. The Hall–Kier alpha value is -1.80. The molecule has 1 aliphatic carbocycles. The van der Waals surface area contributed by atoms with E-state index in [1.54, 1.807) is 0 Å². The Kier molecular flexibility index (Phi) is 5.43. The van der Waals surface area contributed by atoms with E-state index in [1.807, 2.05) is 5.32 Å². The third-order valence-electron chi connectivity index (χ3n) is 4.92. The summed E-state index contributed by atoms with van der Waals surface area (Å²) in [5.41, 5.74) is -1.01. The number of alkyl halides is 3. The highest BCUT2D eigenvalue weighted by Crippen LogP contribution is 2.36. The van der Waals surface area contributed by atoms with Crippen LogP contribution in [0.3, 0.4) is 0 Å². The fourth-order valence-electron chi connectivity index (χ4n) is 3.64. The van der Waals surface area contributed by atoms with Gasteiger partial charge in [0.15, 0.2) is 6.04 Å². The molecule has 3 rings (SSSR count). The lowest BCUT2D eigenvalue weighted by atomic mass is 9.87. The van der Waals surface area contributed by atoms with E-state index in [1.165, 1.54) is 6.07 Å². The average Bonchev–Trinajstić information content (AvgIpc) is 2.56. The molecular formula is C17H20ClF3N3O2+. The number of amides is 2. The Bertz CT molecular complexity index is 711. The molecule has 0 spiro atoms. The minimum Gasteiger partial charge on any atom is -0.342 e. The molecule has 2 fully saturated rings. The number of carbonyl (C=O) groups excluding carboxylic acids is 2. The van der Waals surface area contributed by atoms with Crippen molar-refractivity contribution in [3.63, 3.8) is 0 Å². The smallest absolute Gasteiger partial charge is 0.342 e. The standard InChI is InChI=1S/C17H19ClF3N3O2/c18-11-6-5-9(7-10(11)17(19,20)21)22-15(25)8-14-16(26)24-13-4-2-1-3-12(13)23-14/h5-7,12-14,23H,1-4,8H2,(H,22,25)(H,24,26)/p+1/t12-,13+,14-/m0/s1. The topological polar surface area (TPSA) is 74.8 Å². The van der Waals surface area contributed by atoms with Gasteiger partial charge < -0.3 is 16.0 Å². The van der Waals surface area contributed by atoms with Gasteiger partial charge in [-0.3, -0.25) is 9.59 Å². The maximum atomic E-state index is 12.9. The van der Waals surface area contributed by atoms with Crippen molar-refractivity contribution < 1.29 is 28.1 Å². The van der Waals surface area contributed by atoms with E-state index in [0.29, 0.717) is 0 Å². The van der Waals surface area contributed by atoms with Crippen LogP contribution in [-0.2, 0) is 15.8 Å². The lowest BCUT2D eigenvalue weighted by molar-refractivity contribution is -0.718. The lowest BCUT2D eigenvalue weighted by Crippen LogP contribution is -3.03. The number of quaternary nitrogens is 1. The molecular weight excluding hydrogens is 371 g/mol. The van der Waals surface area contributed by atoms with Crippen LogP contribution >= 0.6 is 11.6 Å². The van der Waals surface area contributed by atoms with Gasteiger partial charge in [-0.1, -0.05) is 18.0 Å². The summed E-state index contributed by atoms with van der Waals surface area (Å²) in [4.78, 5) is 24.4. The second-order valence-electron chi connectivity index (χ2n) is 6.81. The van der Waals surface area contributed by atoms with Crippen LogP contribution in [0.2, 0.25) is 5.02 Å². The molecule has 1 aliphatic heterocycles. The van der Waals surface area contributed by atoms with E-state index in [2.05, 4.69) is 10.6 Å². The monoisotopic (exact) mass is 390 g/mol. The molecule has 5 nitrogen and oxygen atoms in total. The van der Waals surface area contributed by atoms with Gasteiger partial charge in [0.25, 0.3) is 5.91 Å². The molecule has 1 heterocycles. The molecule has 2 aliphatic rings. The van der Waals surface area contributed by atoms with Crippen molar-refractivity contribution in [2.75, 3.05) is 5.32 Å². The Morgan fingerprint density at radius 3 is 2.77 bits per heavy atom. The van der Waals surface area contributed by atoms with E-state index in [0.717, 1.165) is 37.8 Å². The Labute approximate surface area is 153 Å². The minimum atomic E-state index is -4.61. The first-order valence-electron chi connectivity index (χ1n) is 8.56. The van der Waals surface area contributed by atoms with E-state index in [9.17, 15) is 22.8 Å². The number of nitrogens with one attached hydrogen (secondary N) is 2. The van der Waals surface area contributed by atoms with E-state index in [4.69, 9.17) is 11.6 Å². The number of hydrogen-bond donors (Lipinski definition) is 3. The molecule has 0 unspecified atom stereocenters. The molecule has 9 heteroatoms. The van der Waals surface area contributed by atoms with E-state index in [-0.39, 0.29) is 30.1 Å². The number of halogens is 4. The largest absolute Gasteiger partial charge is 0.417 e. The first-order valence-corrected chi connectivity index (χ1v) is 8.94. The zero-order chi connectivity index (χ0) is 18.9. The first kappa shape index (κ1) is 19.0. The highest BCUT2D eigenvalue weighted by molar-refractivity contribution is 6.31. The summed E-state index contributed by atoms with van der Waals surface area (Å²) >= 11 is 5.57. The summed E-state index contributed by atoms with van der Waals surface area (Å²) in [6.07, 6.45) is -0.605. The Morgan fingerprint density at radius 1 is 1.31 bits per heavy atom. The maximum absolute atomic E-state index is 12.9. The summed E-state index contributed by atoms with van der Waals surface area (Å²) in [6, 6.07) is 3.02. The fraction of sp³-hybridized carbons (Fsp3) is 0.529. The maximum Gasteiger partial charge on any atom is 0.417 e. The molecule has 26 heavy (non-hydrogen) atoms. The second kappa shape index (κ2) is 7.44. The van der Waals surface area contributed by atoms with Crippen molar-refractivity contribution in [3.8, 4) is 0 Å². The number of fused-ring (bicyclic) bond motifs is 1. The molecule has 1 saturated heterocycles. The van der Waals surface area contributed by atoms with Crippen LogP contribution in [0.1, 0.15) is 37.7 Å². The van der Waals surface area contributed by atoms with Gasteiger partial charge in [0.2, 0.25) is 5.91 Å². The van der Waals surface area contributed by atoms with E-state index < -0.39 is 28.7 Å². The Morgan fingerprint density at radius 2 is 2.04 bits per heavy atom. The number of piperazine rings is 1. The molecule has 1 aromatic carbocycles. The van der Waals surface area contributed by atoms with Gasteiger partial charge in [0, 0.05) is 12.1 Å². The quantitative estimate of drug-likeness (QED) is 0.739. The zero-order valence-corrected chi connectivity index (χ0v) is 14.7. The van der Waals surface area contributed by atoms with Crippen LogP contribution in [0.5, 0.6) is 0 Å². The van der Waals surface area contributed by atoms with Crippen molar-refractivity contribution >= 4 is 29.1 Å². The lowest BCUT2D eigenvalue weighted by Gasteiger charge is -2.37. The van der Waals surface area contributed by atoms with E-state index >= 15 is 0 Å². The molecule has 0 aromatic heterocycles. The van der Waals surface area contributed by atoms with Crippen molar-refractivity contribution in [1.82, 2.24) is 5.32 Å². The molecule has 2 amide bonds. The second-order valence-corrected chi connectivity index (χ2v) is 7.21. The van der Waals surface area contributed by atoms with Crippen LogP contribution in [0.4, 0.5) is 18.9 Å². The number of rotatable bonds is 3. The van der Waals surface area contributed by atoms with Gasteiger partial charge in [0.1, 0.15) is 6.04 Å². The van der Waals surface area contributed by atoms with Gasteiger partial charge >= 0.3 is 6.18 Å². The van der Waals surface area contributed by atoms with Crippen molar-refractivity contribution in [2.24, 2.45) is 0 Å². The molecule has 142 valence electrons. The number of benzene rings is 1. The van der Waals surface area contributed by atoms with Gasteiger partial charge in [-0.2, -0.15) is 13.2 Å². The number of carbonyl (C=O) groups is 2. The number of nitrogens with two attached hydrogens (primary N) is 1. The molecule has 0 radical (unpaired) electrons. The first-order chi connectivity index (χ1) is 12.2. The van der Waals surface area contributed by atoms with Crippen LogP contribution in [-0.4, -0.2) is 29.9 Å². The average molecular weight is 391 g/mol. The van der Waals surface area contributed by atoms with Crippen LogP contribution in [0.15, 0.2) is 18.2 Å². The summed E-state index contributed by atoms with van der Waals surface area (Å²) < 4.78 is 38.7. The summed E-state index contributed by atoms with van der Waals surface area (Å²) in [6.45, 7) is 0. The number of hydrogen-bond acceptors (Lipinski definition) is 2. The van der Waals surface area contributed by atoms with Gasteiger partial charge in [-0.05, 0) is 31.0 Å². The minimum absolute atomic E-state index is 0.00140. The molecule has 1 aromatic rings. The Balaban J connectivity index is 1.63. The van der Waals surface area contributed by atoms with Crippen LogP contribution in [0, 0.1) is 0 Å². The normalized spacial score (nSPS) is 26.0. The highest BCUT2D eigenvalue weighted by atomic mass is 35.5. The number of anilines is 1. The SMILES string of the molecule is O=C(C[C@@H]1[NH2+][C@H]2CCCC[C@H]2NC1=O)Nc1ccc(Cl)c(C(F)(F)F)c1. The van der Waals surface area contributed by atoms with Crippen LogP contribution < -0.4 is 16.0 Å². The molecule has 0 bridgehead atoms. The third-order valence-corrected chi connectivity index (χ3v) is 5.25. The van der Waals surface area contributed by atoms with Crippen molar-refractivity contribution in [1.29, 1.82) is 0 Å². The highest BCUT2D eigenvalue weighted by Gasteiger charge is 2.40. The van der Waals surface area contributed by atoms with Gasteiger partial charge in [-0.25, -0.2) is 0 Å². The van der Waals surface area contributed by atoms with Gasteiger partial charge in [-0.15, -0.1) is 0 Å². The summed E-state index contributed by atoms with van der Waals surface area (Å²) in [5.74, 6) is -0.707. The predicted octanol–water partition coefficient (Wildman–Crippen LogP) is 2.06. The summed E-state index contributed by atoms with van der Waals surface area (Å²) in [7, 11) is 0. The molecule has 3 atom stereocenters. The fourth-order valence-corrected chi connectivity index (χ4v) is 3.86. The zero-order valence-electron chi connectivity index (χ0n) is 13.9. The molecule has 1 saturated carbocycles. The predicted molar refractivity (Wildman–Crippen MR) is 89.6 cm³/mol. The van der Waals surface area contributed by atoms with Crippen LogP contribution in [0.25, 0.3) is 0 Å². The van der Waals surface area contributed by atoms with Gasteiger partial charge in [0.05, 0.1) is 23.0 Å².